The first kappa shape index (κ1) is 76.2. The number of aliphatic hydroxyl groups is 6. The molecule has 0 bridgehead atoms. The van der Waals surface area contributed by atoms with Crippen LogP contribution in [0.1, 0.15) is 31.1 Å². The lowest BCUT2D eigenvalue weighted by Crippen LogP contribution is -2.40. The van der Waals surface area contributed by atoms with Gasteiger partial charge in [-0.05, 0) is 0 Å². The van der Waals surface area contributed by atoms with E-state index in [1.807, 2.05) is 19.9 Å². The van der Waals surface area contributed by atoms with E-state index in [0.29, 0.717) is 18.3 Å². The molecule has 11 heterocycles. The molecule has 6 aromatic heterocycles. The monoisotopic (exact) mass is 1550 g/mol. The predicted octanol–water partition coefficient (Wildman–Crippen LogP) is -8.06. The van der Waals surface area contributed by atoms with Gasteiger partial charge in [0.1, 0.15) is 110 Å². The summed E-state index contributed by atoms with van der Waals surface area (Å²) in [6.45, 7) is -6.31. The van der Waals surface area contributed by atoms with Crippen molar-refractivity contribution in [3.05, 3.63) is 145 Å². The first-order valence-corrected chi connectivity index (χ1v) is 36.1. The van der Waals surface area contributed by atoms with Crippen molar-refractivity contribution >= 4 is 56.5 Å². The minimum atomic E-state index is -5.95. The smallest absolute Gasteiger partial charge is 0.387 e. The molecule has 0 aliphatic carbocycles. The van der Waals surface area contributed by atoms with E-state index in [1.165, 1.54) is 0 Å². The minimum Gasteiger partial charge on any atom is -0.387 e. The molecule has 0 amide bonds. The highest BCUT2D eigenvalue weighted by atomic mass is 31.2. The van der Waals surface area contributed by atoms with Crippen molar-refractivity contribution in [3.63, 3.8) is 0 Å². The van der Waals surface area contributed by atoms with Crippen LogP contribution in [0, 0.1) is 0 Å². The molecule has 17 N–H and O–H groups in total. The molecule has 558 valence electrons. The number of rotatable bonds is 28. The Bertz CT molecular complexity index is 4810. The molecular weight excluding hydrogens is 1500 g/mol. The third kappa shape index (κ3) is 16.8. The standard InChI is InChI=1S/C46H56N13O38P5/c47-36-25-37(49-14-48-36)59(15-50-25)42-31(69)35(97-99(76,77)85-10-16-26(64)27(65)38(89-16)55-5-1-21(60)51-43(55)70)20(93-42)13-88-102(82,83)96-34-19(92-41(30(34)68)58-8-4-24(63)54-46(58)73)12-87-101(80,81)95-33-18(91-40(29(33)67)57-7-3-23(62)53-45(57)72)11-86-100(78,79)94-32-17(9-84-98(74)75)90-39(28(32)66)56-6-2-22(61)52-44(56)71/h1-8,14-20,26-35,38-42,64-69H,9-13H2,(H10-,47,48,49,51,52,53,54,60,61,62,63,70,71,72,73,74,75,76,77,78,79,80,81,82,83)/p+1/t16-,17-,18-,19-,20-,26-,27-,28-,29-,30-,31-,32-,33-,34-,35-,38-,39-,40-,41-,42-/m1/s1. The number of anilines is 1. The average molecular weight is 1550 g/mol. The van der Waals surface area contributed by atoms with Crippen LogP contribution in [-0.4, -0.2) is 237 Å². The Morgan fingerprint density at radius 2 is 0.725 bits per heavy atom. The highest BCUT2D eigenvalue weighted by Crippen LogP contribution is 2.55. The van der Waals surface area contributed by atoms with Crippen molar-refractivity contribution in [2.75, 3.05) is 38.8 Å². The van der Waals surface area contributed by atoms with Gasteiger partial charge in [0, 0.05) is 53.6 Å². The fraction of sp³-hybridized carbons (Fsp3) is 0.543. The van der Waals surface area contributed by atoms with Gasteiger partial charge in [-0.15, -0.1) is 9.42 Å². The van der Waals surface area contributed by atoms with Crippen LogP contribution in [0.3, 0.4) is 0 Å². The molecule has 0 saturated carbocycles. The Labute approximate surface area is 561 Å². The second-order valence-corrected chi connectivity index (χ2v) is 28.7. The molecule has 5 saturated heterocycles. The molecule has 5 aliphatic rings. The number of phosphoric ester groups is 4. The Balaban J connectivity index is 0.807. The molecule has 5 aliphatic heterocycles. The summed E-state index contributed by atoms with van der Waals surface area (Å²) < 4.78 is 145. The normalized spacial score (nSPS) is 32.9. The molecule has 0 aromatic carbocycles. The van der Waals surface area contributed by atoms with Crippen molar-refractivity contribution in [1.82, 2.24) is 57.7 Å². The number of fused-ring (bicyclic) bond motifs is 1. The summed E-state index contributed by atoms with van der Waals surface area (Å²) in [6, 6.07) is 3.19. The third-order valence-corrected chi connectivity index (χ3v) is 20.0. The molecule has 11 rings (SSSR count). The largest absolute Gasteiger partial charge is 0.694 e. The molecule has 56 heteroatoms. The molecule has 5 fully saturated rings. The third-order valence-electron chi connectivity index (χ3n) is 15.7. The number of hydrogen-bond donors (Lipinski definition) is 16. The van der Waals surface area contributed by atoms with Crippen LogP contribution in [0.2, 0.25) is 0 Å². The second-order valence-electron chi connectivity index (χ2n) is 22.3. The van der Waals surface area contributed by atoms with Gasteiger partial charge in [-0.25, -0.2) is 52.4 Å². The predicted molar refractivity (Wildman–Crippen MR) is 319 cm³/mol. The van der Waals surface area contributed by atoms with Crippen LogP contribution in [0.25, 0.3) is 11.2 Å². The molecule has 6 aromatic rings. The molecule has 0 radical (unpaired) electrons. The van der Waals surface area contributed by atoms with E-state index in [9.17, 15) is 116 Å². The van der Waals surface area contributed by atoms with Gasteiger partial charge in [0.15, 0.2) is 42.6 Å². The fourth-order valence-corrected chi connectivity index (χ4v) is 15.2. The molecule has 51 nitrogen and oxygen atoms in total. The van der Waals surface area contributed by atoms with Crippen LogP contribution in [0.15, 0.2) is 100 Å². The zero-order valence-corrected chi connectivity index (χ0v) is 55.2. The Kier molecular flexibility index (Phi) is 22.6. The SMILES string of the molecule is Nc1ncnc2c1ncn2[C@@H]1O[C@H](COP(=O)(O)O[C@H]2[C@@H](O)[C@H](n3ccc(=O)[nH]c3=O)O[C@@H]2COP(=O)(O)O[C@H]2[C@@H](O)[C@H](n3ccc(=O)[nH]c3=O)O[C@@H]2COP(=O)(O)O[C@H]2[C@@H](O)[C@H](n3ccc(=O)[nH]c3=O)O[C@@H]2CO[P+](=O)O)[C@@H](OP(=O)(O)OC[C@H]2O[C@@H](n3ccc(=O)[nH]c3=O)[C@H](O)[C@@H]2O)[C@H]1O. The molecule has 102 heavy (non-hydrogen) atoms. The van der Waals surface area contributed by atoms with E-state index >= 15 is 0 Å². The van der Waals surface area contributed by atoms with Crippen molar-refractivity contribution in [1.29, 1.82) is 0 Å². The fourth-order valence-electron chi connectivity index (χ4n) is 11.1. The number of nitrogens with zero attached hydrogens (tertiary/aromatic N) is 8. The van der Waals surface area contributed by atoms with E-state index in [0.717, 1.165) is 66.3 Å². The maximum atomic E-state index is 14.2. The van der Waals surface area contributed by atoms with Gasteiger partial charge in [-0.2, -0.15) is 0 Å². The van der Waals surface area contributed by atoms with Crippen LogP contribution < -0.4 is 50.7 Å². The number of nitrogen functional groups attached to an aromatic ring is 1. The minimum absolute atomic E-state index is 0.0700. The van der Waals surface area contributed by atoms with Crippen LogP contribution >= 0.6 is 39.5 Å². The van der Waals surface area contributed by atoms with E-state index < -0.39 is 240 Å². The van der Waals surface area contributed by atoms with E-state index in [1.54, 1.807) is 0 Å². The quantitative estimate of drug-likeness (QED) is 0.0203. The summed E-state index contributed by atoms with van der Waals surface area (Å²) in [4.78, 5) is 172. The highest BCUT2D eigenvalue weighted by molar-refractivity contribution is 7.48. The maximum absolute atomic E-state index is 14.2. The summed E-state index contributed by atoms with van der Waals surface area (Å²) in [7, 11) is -26.7. The maximum Gasteiger partial charge on any atom is 0.694 e. The number of nitrogens with one attached hydrogen (secondary N) is 4. The van der Waals surface area contributed by atoms with Crippen LogP contribution in [0.5, 0.6) is 0 Å². The molecular formula is C46H57N13O38P5+. The summed E-state index contributed by atoms with van der Waals surface area (Å²) in [5.74, 6) is -0.185. The lowest BCUT2D eigenvalue weighted by Gasteiger charge is -2.27. The number of aliphatic hydroxyl groups excluding tert-OH is 6. The number of H-pyrrole nitrogens is 4. The second kappa shape index (κ2) is 30.3. The Morgan fingerprint density at radius 3 is 1.05 bits per heavy atom. The van der Waals surface area contributed by atoms with E-state index in [2.05, 4.69) is 19.5 Å². The molecule has 0 spiro atoms. The number of aromatic nitrogens is 12. The number of aromatic amines is 4. The van der Waals surface area contributed by atoms with Gasteiger partial charge in [-0.3, -0.25) is 98.1 Å². The number of phosphoric acid groups is 4. The van der Waals surface area contributed by atoms with Crippen molar-refractivity contribution in [2.24, 2.45) is 0 Å². The van der Waals surface area contributed by atoms with Crippen molar-refractivity contribution < 1.29 is 142 Å². The van der Waals surface area contributed by atoms with Crippen molar-refractivity contribution in [3.8, 4) is 0 Å². The van der Waals surface area contributed by atoms with E-state index in [4.69, 9.17) is 65.6 Å². The topological polar surface area (TPSA) is 726 Å². The summed E-state index contributed by atoms with van der Waals surface area (Å²) in [6.07, 6.45) is -36.3. The van der Waals surface area contributed by atoms with Crippen LogP contribution in [0.4, 0.5) is 5.82 Å². The Hall–Kier alpha value is -6.91. The van der Waals surface area contributed by atoms with Gasteiger partial charge in [0.25, 0.3) is 22.2 Å². The van der Waals surface area contributed by atoms with Crippen molar-refractivity contribution in [2.45, 2.75) is 123 Å². The summed E-state index contributed by atoms with van der Waals surface area (Å²) in [5.41, 5.74) is -2.86. The summed E-state index contributed by atoms with van der Waals surface area (Å²) >= 11 is 0. The lowest BCUT2D eigenvalue weighted by atomic mass is 10.1. The van der Waals surface area contributed by atoms with Gasteiger partial charge >= 0.3 is 62.3 Å². The van der Waals surface area contributed by atoms with Gasteiger partial charge < -0.3 is 79.6 Å². The Morgan fingerprint density at radius 1 is 0.431 bits per heavy atom. The number of imidazole rings is 1. The summed E-state index contributed by atoms with van der Waals surface area (Å²) in [5, 5.41) is 67.7. The zero-order chi connectivity index (χ0) is 73.8. The number of hydrogen-bond acceptors (Lipinski definition) is 37. The average Bonchev–Trinajstić information content (AvgIpc) is 1.62. The first-order valence-electron chi connectivity index (χ1n) is 28.9. The van der Waals surface area contributed by atoms with Gasteiger partial charge in [0.2, 0.25) is 0 Å². The molecule has 25 atom stereocenters. The van der Waals surface area contributed by atoms with Crippen LogP contribution in [-0.2, 0) is 87.2 Å². The van der Waals surface area contributed by atoms with Gasteiger partial charge in [-0.1, -0.05) is 0 Å². The highest BCUT2D eigenvalue weighted by Gasteiger charge is 2.56. The first-order chi connectivity index (χ1) is 48.0. The number of ether oxygens (including phenoxy) is 5. The van der Waals surface area contributed by atoms with Gasteiger partial charge in [0.05, 0.1) is 32.8 Å². The lowest BCUT2D eigenvalue weighted by molar-refractivity contribution is -0.0657. The number of nitrogens with two attached hydrogens (primary N) is 1. The zero-order valence-electron chi connectivity index (χ0n) is 50.7. The van der Waals surface area contributed by atoms with E-state index in [-0.39, 0.29) is 17.0 Å². The molecule has 5 unspecified atom stereocenters.